The zero-order chi connectivity index (χ0) is 13.2. The summed E-state index contributed by atoms with van der Waals surface area (Å²) in [5.41, 5.74) is 4.37. The first-order valence-corrected chi connectivity index (χ1v) is 5.25. The third kappa shape index (κ3) is 3.91. The zero-order valence-electron chi connectivity index (χ0n) is 8.06. The van der Waals surface area contributed by atoms with Crippen molar-refractivity contribution in [1.82, 2.24) is 4.98 Å². The maximum atomic E-state index is 12.4. The molecule has 0 aliphatic heterocycles. The first-order valence-electron chi connectivity index (χ1n) is 4.18. The van der Waals surface area contributed by atoms with Crippen LogP contribution in [0.2, 0.25) is 0 Å². The molecule has 0 saturated heterocycles. The third-order valence-corrected chi connectivity index (χ3v) is 2.65. The van der Waals surface area contributed by atoms with Crippen molar-refractivity contribution in [2.24, 2.45) is 5.73 Å². The van der Waals surface area contributed by atoms with Crippen LogP contribution in [0.5, 0.6) is 5.88 Å². The highest BCUT2D eigenvalue weighted by Crippen LogP contribution is 2.30. The summed E-state index contributed by atoms with van der Waals surface area (Å²) in [7, 11) is 0. The monoisotopic (exact) mass is 368 g/mol. The van der Waals surface area contributed by atoms with E-state index in [1.807, 2.05) is 0 Å². The summed E-state index contributed by atoms with van der Waals surface area (Å²) in [5.74, 6) is -0.929. The molecule has 0 atom stereocenters. The van der Waals surface area contributed by atoms with Gasteiger partial charge in [0.05, 0.1) is 0 Å². The van der Waals surface area contributed by atoms with Crippen LogP contribution in [0.1, 0.15) is 17.7 Å². The predicted molar refractivity (Wildman–Crippen MR) is 56.5 cm³/mol. The molecule has 0 aliphatic rings. The molecule has 0 aliphatic carbocycles. The highest BCUT2D eigenvalue weighted by molar-refractivity contribution is 14.1. The fourth-order valence-electron chi connectivity index (χ4n) is 1.03. The Hall–Kier alpha value is -0.710. The van der Waals surface area contributed by atoms with Gasteiger partial charge in [0, 0.05) is 15.7 Å². The van der Waals surface area contributed by atoms with Crippen LogP contribution in [0.15, 0.2) is 6.07 Å². The highest BCUT2D eigenvalue weighted by atomic mass is 127. The van der Waals surface area contributed by atoms with Gasteiger partial charge in [-0.05, 0) is 28.7 Å². The number of halogens is 6. The van der Waals surface area contributed by atoms with E-state index in [9.17, 15) is 22.0 Å². The van der Waals surface area contributed by atoms with Gasteiger partial charge in [-0.25, -0.2) is 13.8 Å². The molecule has 1 aromatic rings. The van der Waals surface area contributed by atoms with Crippen LogP contribution < -0.4 is 10.5 Å². The number of alkyl halides is 5. The standard InChI is InChI=1S/C8H6F5IN2O/c9-6(10)5-1-4(14)3(2-15)7(16-5)17-8(11,12)13/h1,6H,2,15H2. The van der Waals surface area contributed by atoms with Gasteiger partial charge in [-0.15, -0.1) is 13.2 Å². The Morgan fingerprint density at radius 3 is 2.41 bits per heavy atom. The van der Waals surface area contributed by atoms with Crippen LogP contribution in [-0.2, 0) is 6.54 Å². The SMILES string of the molecule is NCc1c(I)cc(C(F)F)nc1OC(F)(F)F. The van der Waals surface area contributed by atoms with Crippen molar-refractivity contribution in [2.75, 3.05) is 0 Å². The van der Waals surface area contributed by atoms with E-state index in [0.717, 1.165) is 6.07 Å². The number of rotatable bonds is 3. The molecule has 0 fully saturated rings. The summed E-state index contributed by atoms with van der Waals surface area (Å²) < 4.78 is 64.5. The van der Waals surface area contributed by atoms with E-state index in [0.29, 0.717) is 0 Å². The molecule has 0 spiro atoms. The van der Waals surface area contributed by atoms with E-state index in [2.05, 4.69) is 9.72 Å². The summed E-state index contributed by atoms with van der Waals surface area (Å²) in [6, 6.07) is 0.969. The molecule has 96 valence electrons. The number of nitrogens with zero attached hydrogens (tertiary/aromatic N) is 1. The smallest absolute Gasteiger partial charge is 0.387 e. The lowest BCUT2D eigenvalue weighted by atomic mass is 10.2. The average molecular weight is 368 g/mol. The van der Waals surface area contributed by atoms with Gasteiger partial charge in [0.1, 0.15) is 5.69 Å². The molecule has 1 heterocycles. The van der Waals surface area contributed by atoms with Crippen molar-refractivity contribution in [3.05, 3.63) is 20.9 Å². The van der Waals surface area contributed by atoms with Crippen molar-refractivity contribution in [1.29, 1.82) is 0 Å². The lowest BCUT2D eigenvalue weighted by Crippen LogP contribution is -2.20. The maximum absolute atomic E-state index is 12.4. The molecule has 0 amide bonds. The molecule has 0 unspecified atom stereocenters. The molecule has 0 bridgehead atoms. The minimum atomic E-state index is -5.00. The summed E-state index contributed by atoms with van der Waals surface area (Å²) in [4.78, 5) is 3.11. The number of hydrogen-bond acceptors (Lipinski definition) is 3. The fourth-order valence-corrected chi connectivity index (χ4v) is 1.80. The predicted octanol–water partition coefficient (Wildman–Crippen LogP) is 2.98. The Kier molecular flexibility index (Phi) is 4.47. The van der Waals surface area contributed by atoms with Gasteiger partial charge in [0.2, 0.25) is 5.88 Å². The van der Waals surface area contributed by atoms with Crippen molar-refractivity contribution in [3.63, 3.8) is 0 Å². The van der Waals surface area contributed by atoms with Gasteiger partial charge < -0.3 is 10.5 Å². The van der Waals surface area contributed by atoms with Crippen LogP contribution in [0.25, 0.3) is 0 Å². The van der Waals surface area contributed by atoms with E-state index in [-0.39, 0.29) is 15.7 Å². The number of ether oxygens (including phenoxy) is 1. The lowest BCUT2D eigenvalue weighted by molar-refractivity contribution is -0.276. The molecule has 1 rings (SSSR count). The largest absolute Gasteiger partial charge is 0.574 e. The van der Waals surface area contributed by atoms with E-state index in [1.54, 1.807) is 22.6 Å². The van der Waals surface area contributed by atoms with Gasteiger partial charge in [0.25, 0.3) is 6.43 Å². The number of pyridine rings is 1. The Balaban J connectivity index is 3.24. The molecule has 0 saturated carbocycles. The van der Waals surface area contributed by atoms with E-state index in [4.69, 9.17) is 5.73 Å². The molecule has 0 aromatic carbocycles. The first-order chi connectivity index (χ1) is 7.74. The van der Waals surface area contributed by atoms with Crippen molar-refractivity contribution < 1.29 is 26.7 Å². The van der Waals surface area contributed by atoms with E-state index >= 15 is 0 Å². The van der Waals surface area contributed by atoms with Crippen molar-refractivity contribution in [3.8, 4) is 5.88 Å². The Morgan fingerprint density at radius 1 is 1.41 bits per heavy atom. The molecule has 2 N–H and O–H groups in total. The van der Waals surface area contributed by atoms with Crippen LogP contribution >= 0.6 is 22.6 Å². The summed E-state index contributed by atoms with van der Waals surface area (Å²) in [6.07, 6.45) is -7.98. The molecule has 3 nitrogen and oxygen atoms in total. The van der Waals surface area contributed by atoms with Crippen LogP contribution in [-0.4, -0.2) is 11.3 Å². The van der Waals surface area contributed by atoms with Crippen molar-refractivity contribution in [2.45, 2.75) is 19.3 Å². The van der Waals surface area contributed by atoms with Gasteiger partial charge in [0.15, 0.2) is 0 Å². The van der Waals surface area contributed by atoms with Crippen molar-refractivity contribution >= 4 is 22.6 Å². The van der Waals surface area contributed by atoms with Gasteiger partial charge >= 0.3 is 6.36 Å². The summed E-state index contributed by atoms with van der Waals surface area (Å²) in [6.45, 7) is -0.291. The van der Waals surface area contributed by atoms with E-state index in [1.165, 1.54) is 0 Å². The summed E-state index contributed by atoms with van der Waals surface area (Å²) >= 11 is 1.60. The normalized spacial score (nSPS) is 12.0. The quantitative estimate of drug-likeness (QED) is 0.659. The van der Waals surface area contributed by atoms with Crippen LogP contribution in [0.3, 0.4) is 0 Å². The molecular formula is C8H6F5IN2O. The molecule has 0 radical (unpaired) electrons. The summed E-state index contributed by atoms with van der Waals surface area (Å²) in [5, 5.41) is 0. The second kappa shape index (κ2) is 5.29. The van der Waals surface area contributed by atoms with E-state index < -0.39 is 24.4 Å². The maximum Gasteiger partial charge on any atom is 0.574 e. The number of hydrogen-bond donors (Lipinski definition) is 1. The Morgan fingerprint density at radius 2 is 2.00 bits per heavy atom. The molecule has 9 heteroatoms. The molecular weight excluding hydrogens is 362 g/mol. The van der Waals surface area contributed by atoms with Crippen LogP contribution in [0, 0.1) is 3.57 Å². The minimum Gasteiger partial charge on any atom is -0.387 e. The Bertz CT molecular complexity index is 410. The average Bonchev–Trinajstić information content (AvgIpc) is 2.14. The number of aromatic nitrogens is 1. The van der Waals surface area contributed by atoms with Crippen LogP contribution in [0.4, 0.5) is 22.0 Å². The minimum absolute atomic E-state index is 0.0627. The highest BCUT2D eigenvalue weighted by Gasteiger charge is 2.33. The Labute approximate surface area is 106 Å². The van der Waals surface area contributed by atoms with Gasteiger partial charge in [-0.2, -0.15) is 0 Å². The molecule has 17 heavy (non-hydrogen) atoms. The molecule has 1 aromatic heterocycles. The van der Waals surface area contributed by atoms with Gasteiger partial charge in [-0.3, -0.25) is 0 Å². The lowest BCUT2D eigenvalue weighted by Gasteiger charge is -2.14. The topological polar surface area (TPSA) is 48.1 Å². The first kappa shape index (κ1) is 14.4. The third-order valence-electron chi connectivity index (χ3n) is 1.69. The second-order valence-corrected chi connectivity index (χ2v) is 4.03. The zero-order valence-corrected chi connectivity index (χ0v) is 10.2. The second-order valence-electron chi connectivity index (χ2n) is 2.87. The number of nitrogens with two attached hydrogens (primary N) is 1. The fraction of sp³-hybridized carbons (Fsp3) is 0.375. The van der Waals surface area contributed by atoms with Gasteiger partial charge in [-0.1, -0.05) is 0 Å².